The summed E-state index contributed by atoms with van der Waals surface area (Å²) in [5, 5.41) is 2.84. The van der Waals surface area contributed by atoms with Gasteiger partial charge in [0.2, 0.25) is 10.0 Å². The van der Waals surface area contributed by atoms with Crippen molar-refractivity contribution in [2.75, 3.05) is 25.5 Å². The molecule has 5 rings (SSSR count). The zero-order valence-corrected chi connectivity index (χ0v) is 21.2. The van der Waals surface area contributed by atoms with Crippen LogP contribution in [-0.2, 0) is 10.0 Å². The first kappa shape index (κ1) is 24.1. The number of piperidine rings is 1. The fraction of sp³-hybridized carbons (Fsp3) is 0.296. The van der Waals surface area contributed by atoms with Gasteiger partial charge in [0.05, 0.1) is 18.4 Å². The molecule has 0 aliphatic carbocycles. The smallest absolute Gasteiger partial charge is 0.259 e. The lowest BCUT2D eigenvalue weighted by Crippen LogP contribution is -2.38. The highest BCUT2D eigenvalue weighted by Gasteiger charge is 2.34. The van der Waals surface area contributed by atoms with Gasteiger partial charge in [0.1, 0.15) is 22.1 Å². The minimum atomic E-state index is -3.94. The Kier molecular flexibility index (Phi) is 6.36. The minimum absolute atomic E-state index is 0.0764. The fourth-order valence-electron chi connectivity index (χ4n) is 4.36. The van der Waals surface area contributed by atoms with E-state index >= 15 is 0 Å². The van der Waals surface area contributed by atoms with E-state index < -0.39 is 15.9 Å². The van der Waals surface area contributed by atoms with Crippen molar-refractivity contribution in [3.8, 4) is 28.7 Å². The first-order valence-corrected chi connectivity index (χ1v) is 13.3. The number of nitrogens with zero attached hydrogens (tertiary/aromatic N) is 1. The average Bonchev–Trinajstić information content (AvgIpc) is 2.99. The lowest BCUT2D eigenvalue weighted by Gasteiger charge is -2.30. The average molecular weight is 509 g/mol. The summed E-state index contributed by atoms with van der Waals surface area (Å²) in [6.07, 6.45) is 1.55. The number of amides is 1. The van der Waals surface area contributed by atoms with Crippen LogP contribution < -0.4 is 19.5 Å². The van der Waals surface area contributed by atoms with Crippen molar-refractivity contribution in [1.29, 1.82) is 0 Å². The molecule has 2 heterocycles. The molecule has 36 heavy (non-hydrogen) atoms. The van der Waals surface area contributed by atoms with Crippen LogP contribution in [0.25, 0.3) is 0 Å². The van der Waals surface area contributed by atoms with Crippen LogP contribution in [0.5, 0.6) is 28.7 Å². The van der Waals surface area contributed by atoms with E-state index in [0.717, 1.165) is 18.4 Å². The number of methoxy groups -OCH3 is 1. The Balaban J connectivity index is 1.61. The summed E-state index contributed by atoms with van der Waals surface area (Å²) < 4.78 is 46.4. The second-order valence-electron chi connectivity index (χ2n) is 9.22. The van der Waals surface area contributed by atoms with Crippen LogP contribution in [0.1, 0.15) is 35.7 Å². The summed E-state index contributed by atoms with van der Waals surface area (Å²) in [6, 6.07) is 15.1. The largest absolute Gasteiger partial charge is 0.497 e. The molecule has 0 spiro atoms. The number of sulfonamides is 1. The van der Waals surface area contributed by atoms with E-state index in [9.17, 15) is 13.2 Å². The van der Waals surface area contributed by atoms with Gasteiger partial charge < -0.3 is 19.5 Å². The Hall–Kier alpha value is -3.56. The summed E-state index contributed by atoms with van der Waals surface area (Å²) in [4.78, 5) is 13.1. The second kappa shape index (κ2) is 9.48. The van der Waals surface area contributed by atoms with Gasteiger partial charge in [-0.05, 0) is 73.7 Å². The van der Waals surface area contributed by atoms with Gasteiger partial charge in [-0.25, -0.2) is 8.42 Å². The van der Waals surface area contributed by atoms with E-state index in [1.165, 1.54) is 16.4 Å². The summed E-state index contributed by atoms with van der Waals surface area (Å²) in [6.45, 7) is 4.85. The van der Waals surface area contributed by atoms with E-state index in [0.29, 0.717) is 41.9 Å². The van der Waals surface area contributed by atoms with E-state index in [1.807, 2.05) is 13.0 Å². The summed E-state index contributed by atoms with van der Waals surface area (Å²) in [5.74, 6) is 1.84. The topological polar surface area (TPSA) is 94.2 Å². The quantitative estimate of drug-likeness (QED) is 0.484. The van der Waals surface area contributed by atoms with Crippen molar-refractivity contribution < 1.29 is 27.4 Å². The number of nitrogens with one attached hydrogen (secondary N) is 1. The predicted molar refractivity (Wildman–Crippen MR) is 136 cm³/mol. The maximum absolute atomic E-state index is 13.8. The Morgan fingerprint density at radius 1 is 0.972 bits per heavy atom. The lowest BCUT2D eigenvalue weighted by atomic mass is 10.0. The summed E-state index contributed by atoms with van der Waals surface area (Å²) in [7, 11) is -2.38. The van der Waals surface area contributed by atoms with Gasteiger partial charge in [-0.2, -0.15) is 4.31 Å². The van der Waals surface area contributed by atoms with E-state index in [1.54, 1.807) is 43.5 Å². The highest BCUT2D eigenvalue weighted by atomic mass is 32.2. The van der Waals surface area contributed by atoms with Crippen molar-refractivity contribution in [2.24, 2.45) is 5.92 Å². The van der Waals surface area contributed by atoms with Crippen LogP contribution in [0, 0.1) is 12.8 Å². The number of anilines is 1. The molecule has 0 aromatic heterocycles. The van der Waals surface area contributed by atoms with Gasteiger partial charge in [-0.1, -0.05) is 13.0 Å². The maximum Gasteiger partial charge on any atom is 0.259 e. The molecule has 9 heteroatoms. The summed E-state index contributed by atoms with van der Waals surface area (Å²) >= 11 is 0. The third kappa shape index (κ3) is 4.64. The van der Waals surface area contributed by atoms with E-state index in [-0.39, 0.29) is 22.0 Å². The number of fused-ring (bicyclic) bond motifs is 2. The molecule has 1 saturated heterocycles. The monoisotopic (exact) mass is 508 g/mol. The fourth-order valence-corrected chi connectivity index (χ4v) is 5.95. The molecule has 0 bridgehead atoms. The maximum atomic E-state index is 13.8. The highest BCUT2D eigenvalue weighted by Crippen LogP contribution is 2.42. The molecular formula is C27H28N2O6S. The normalized spacial score (nSPS) is 16.2. The van der Waals surface area contributed by atoms with Crippen LogP contribution in [0.2, 0.25) is 0 Å². The number of benzene rings is 3. The molecule has 3 aromatic carbocycles. The standard InChI is InChI=1S/C27H28N2O6S/c1-17-10-12-29(13-11-17)36(31,32)26-15-21-24(16-25(26)34-20-7-5-19(33-3)6-8-20)35-23-9-4-18(2)14-22(23)28-27(21)30/h4-9,14-17H,10-13H2,1-3H3,(H,28,30). The summed E-state index contributed by atoms with van der Waals surface area (Å²) in [5.41, 5.74) is 1.59. The SMILES string of the molecule is COc1ccc(Oc2cc3c(cc2S(=O)(=O)N2CCC(C)CC2)C(=O)Nc2cc(C)ccc2O3)cc1. The molecule has 2 aliphatic rings. The number of ether oxygens (including phenoxy) is 3. The molecular weight excluding hydrogens is 480 g/mol. The zero-order chi connectivity index (χ0) is 25.4. The zero-order valence-electron chi connectivity index (χ0n) is 20.4. The van der Waals surface area contributed by atoms with Gasteiger partial charge in [-0.15, -0.1) is 0 Å². The number of hydrogen-bond acceptors (Lipinski definition) is 6. The van der Waals surface area contributed by atoms with Crippen molar-refractivity contribution in [3.63, 3.8) is 0 Å². The molecule has 0 atom stereocenters. The highest BCUT2D eigenvalue weighted by molar-refractivity contribution is 7.89. The first-order chi connectivity index (χ1) is 17.2. The Morgan fingerprint density at radius 3 is 2.36 bits per heavy atom. The number of aryl methyl sites for hydroxylation is 1. The van der Waals surface area contributed by atoms with Crippen LogP contribution in [-0.4, -0.2) is 38.8 Å². The van der Waals surface area contributed by atoms with Gasteiger partial charge in [0.15, 0.2) is 11.5 Å². The number of hydrogen-bond donors (Lipinski definition) is 1. The molecule has 2 aliphatic heterocycles. The molecule has 1 amide bonds. The molecule has 0 radical (unpaired) electrons. The third-order valence-corrected chi connectivity index (χ3v) is 8.46. The molecule has 0 saturated carbocycles. The molecule has 8 nitrogen and oxygen atoms in total. The van der Waals surface area contributed by atoms with Gasteiger partial charge in [0, 0.05) is 19.2 Å². The van der Waals surface area contributed by atoms with Crippen LogP contribution in [0.15, 0.2) is 59.5 Å². The van der Waals surface area contributed by atoms with E-state index in [2.05, 4.69) is 12.2 Å². The number of carbonyl (C=O) groups excluding carboxylic acids is 1. The Bertz CT molecular complexity index is 1410. The first-order valence-electron chi connectivity index (χ1n) is 11.8. The second-order valence-corrected chi connectivity index (χ2v) is 11.1. The van der Waals surface area contributed by atoms with Crippen molar-refractivity contribution >= 4 is 21.6 Å². The molecule has 1 N–H and O–H groups in total. The Morgan fingerprint density at radius 2 is 1.67 bits per heavy atom. The molecule has 1 fully saturated rings. The van der Waals surface area contributed by atoms with Gasteiger partial charge in [-0.3, -0.25) is 4.79 Å². The van der Waals surface area contributed by atoms with Crippen LogP contribution >= 0.6 is 0 Å². The number of carbonyl (C=O) groups is 1. The molecule has 3 aromatic rings. The van der Waals surface area contributed by atoms with Crippen molar-refractivity contribution in [2.45, 2.75) is 31.6 Å². The van der Waals surface area contributed by atoms with Crippen LogP contribution in [0.4, 0.5) is 5.69 Å². The molecule has 188 valence electrons. The Labute approximate surface area is 210 Å². The van der Waals surface area contributed by atoms with Crippen LogP contribution in [0.3, 0.4) is 0 Å². The van der Waals surface area contributed by atoms with Gasteiger partial charge in [0.25, 0.3) is 5.91 Å². The van der Waals surface area contributed by atoms with E-state index in [4.69, 9.17) is 14.2 Å². The van der Waals surface area contributed by atoms with Crippen molar-refractivity contribution in [1.82, 2.24) is 4.31 Å². The number of rotatable bonds is 5. The molecule has 0 unspecified atom stereocenters. The third-order valence-electron chi connectivity index (χ3n) is 6.54. The lowest BCUT2D eigenvalue weighted by molar-refractivity contribution is 0.102. The van der Waals surface area contributed by atoms with Crippen molar-refractivity contribution in [3.05, 3.63) is 65.7 Å². The minimum Gasteiger partial charge on any atom is -0.497 e. The van der Waals surface area contributed by atoms with Gasteiger partial charge >= 0.3 is 0 Å². The predicted octanol–water partition coefficient (Wildman–Crippen LogP) is 5.57.